The Labute approximate surface area is 221 Å². The van der Waals surface area contributed by atoms with E-state index in [2.05, 4.69) is 5.32 Å². The van der Waals surface area contributed by atoms with E-state index >= 15 is 0 Å². The van der Waals surface area contributed by atoms with Gasteiger partial charge < -0.3 is 14.8 Å². The normalized spacial score (nSPS) is 12.5. The average molecular weight is 528 g/mol. The molecule has 38 heavy (non-hydrogen) atoms. The predicted octanol–water partition coefficient (Wildman–Crippen LogP) is 6.76. The summed E-state index contributed by atoms with van der Waals surface area (Å²) in [6.45, 7) is 9.13. The number of carbonyl (C=O) groups is 2. The van der Waals surface area contributed by atoms with Gasteiger partial charge in [0.05, 0.1) is 12.2 Å². The molecule has 1 atom stereocenters. The van der Waals surface area contributed by atoms with Crippen molar-refractivity contribution in [1.29, 1.82) is 0 Å². The van der Waals surface area contributed by atoms with Crippen LogP contribution in [0.5, 0.6) is 5.75 Å². The summed E-state index contributed by atoms with van der Waals surface area (Å²) in [5.74, 6) is -0.104. The minimum atomic E-state index is -4.38. The number of aryl methyl sites for hydroxylation is 1. The molecule has 5 nitrogen and oxygen atoms in total. The zero-order valence-electron chi connectivity index (χ0n) is 22.1. The number of amides is 1. The lowest BCUT2D eigenvalue weighted by atomic mass is 10.0. The molecule has 1 amide bonds. The second-order valence-corrected chi connectivity index (χ2v) is 9.66. The number of esters is 1. The Morgan fingerprint density at radius 1 is 0.921 bits per heavy atom. The lowest BCUT2D eigenvalue weighted by molar-refractivity contribution is -0.158. The Balaban J connectivity index is 1.59. The van der Waals surface area contributed by atoms with Crippen LogP contribution in [0.3, 0.4) is 0 Å². The van der Waals surface area contributed by atoms with E-state index in [0.29, 0.717) is 28.9 Å². The van der Waals surface area contributed by atoms with Crippen LogP contribution >= 0.6 is 0 Å². The summed E-state index contributed by atoms with van der Waals surface area (Å²) in [5.41, 5.74) is 1.83. The third-order valence-electron chi connectivity index (χ3n) is 5.98. The molecular formula is C30H32F3NO4. The van der Waals surface area contributed by atoms with E-state index in [-0.39, 0.29) is 18.6 Å². The largest absolute Gasteiger partial charge is 0.476 e. The molecule has 0 spiro atoms. The maximum Gasteiger partial charge on any atom is 0.416 e. The van der Waals surface area contributed by atoms with Gasteiger partial charge >= 0.3 is 12.1 Å². The Morgan fingerprint density at radius 3 is 2.03 bits per heavy atom. The minimum absolute atomic E-state index is 0.167. The van der Waals surface area contributed by atoms with Crippen LogP contribution in [0.15, 0.2) is 66.7 Å². The molecule has 3 aromatic rings. The van der Waals surface area contributed by atoms with Crippen molar-refractivity contribution in [3.05, 3.63) is 89.0 Å². The van der Waals surface area contributed by atoms with Crippen molar-refractivity contribution in [2.45, 2.75) is 58.9 Å². The Bertz CT molecular complexity index is 1270. The van der Waals surface area contributed by atoms with Gasteiger partial charge in [-0.3, -0.25) is 4.79 Å². The summed E-state index contributed by atoms with van der Waals surface area (Å²) in [4.78, 5) is 24.9. The molecule has 8 heteroatoms. The van der Waals surface area contributed by atoms with Gasteiger partial charge in [0, 0.05) is 11.6 Å². The van der Waals surface area contributed by atoms with Crippen molar-refractivity contribution in [3.63, 3.8) is 0 Å². The Morgan fingerprint density at radius 2 is 1.50 bits per heavy atom. The lowest BCUT2D eigenvalue weighted by Gasteiger charge is -2.25. The first-order valence-electron chi connectivity index (χ1n) is 12.3. The summed E-state index contributed by atoms with van der Waals surface area (Å²) in [6.07, 6.45) is -3.80. The molecule has 0 aliphatic heterocycles. The van der Waals surface area contributed by atoms with Gasteiger partial charge in [-0.15, -0.1) is 0 Å². The van der Waals surface area contributed by atoms with Crippen molar-refractivity contribution in [2.75, 3.05) is 6.61 Å². The van der Waals surface area contributed by atoms with E-state index in [4.69, 9.17) is 9.47 Å². The monoisotopic (exact) mass is 527 g/mol. The molecule has 3 rings (SSSR count). The third-order valence-corrected chi connectivity index (χ3v) is 5.98. The quantitative estimate of drug-likeness (QED) is 0.312. The summed E-state index contributed by atoms with van der Waals surface area (Å²) in [5, 5.41) is 2.97. The number of rotatable bonds is 9. The zero-order chi connectivity index (χ0) is 28.1. The molecule has 1 N–H and O–H groups in total. The van der Waals surface area contributed by atoms with Crippen LogP contribution in [0.25, 0.3) is 11.1 Å². The number of ether oxygens (including phenoxy) is 2. The minimum Gasteiger partial charge on any atom is -0.476 e. The summed E-state index contributed by atoms with van der Waals surface area (Å²) >= 11 is 0. The summed E-state index contributed by atoms with van der Waals surface area (Å²) < 4.78 is 49.3. The molecule has 0 saturated carbocycles. The molecular weight excluding hydrogens is 495 g/mol. The number of nitrogens with one attached hydrogen (secondary N) is 1. The maximum absolute atomic E-state index is 12.8. The molecule has 0 saturated heterocycles. The first-order chi connectivity index (χ1) is 17.8. The maximum atomic E-state index is 12.8. The molecule has 0 radical (unpaired) electrons. The number of hydrogen-bond acceptors (Lipinski definition) is 4. The van der Waals surface area contributed by atoms with E-state index in [1.54, 1.807) is 51.1 Å². The molecule has 0 aliphatic rings. The van der Waals surface area contributed by atoms with Crippen molar-refractivity contribution in [1.82, 2.24) is 5.32 Å². The molecule has 0 bridgehead atoms. The van der Waals surface area contributed by atoms with Crippen molar-refractivity contribution >= 4 is 11.9 Å². The fourth-order valence-corrected chi connectivity index (χ4v) is 3.95. The first-order valence-corrected chi connectivity index (χ1v) is 12.3. The standard InChI is InChI=1S/C30H32F3NO4/c1-6-37-28(36)29(4,5)38-26-16-7-21(17-19(26)2)18-20(3)34-27(35)24-10-8-22(9-11-24)23-12-14-25(15-13-23)30(31,32)33/h7-17,20H,6,18H2,1-5H3,(H,34,35). The molecule has 0 aromatic heterocycles. The Kier molecular flexibility index (Phi) is 8.86. The van der Waals surface area contributed by atoms with Crippen LogP contribution in [-0.2, 0) is 22.1 Å². The fourth-order valence-electron chi connectivity index (χ4n) is 3.95. The number of carbonyl (C=O) groups excluding carboxylic acids is 2. The van der Waals surface area contributed by atoms with Crippen molar-refractivity contribution in [3.8, 4) is 16.9 Å². The van der Waals surface area contributed by atoms with E-state index in [0.717, 1.165) is 23.3 Å². The first kappa shape index (κ1) is 28.8. The van der Waals surface area contributed by atoms with Gasteiger partial charge in [0.15, 0.2) is 5.60 Å². The van der Waals surface area contributed by atoms with Gasteiger partial charge in [0.2, 0.25) is 0 Å². The van der Waals surface area contributed by atoms with E-state index < -0.39 is 23.3 Å². The molecule has 202 valence electrons. The molecule has 1 unspecified atom stereocenters. The van der Waals surface area contributed by atoms with Crippen LogP contribution in [0.4, 0.5) is 13.2 Å². The van der Waals surface area contributed by atoms with Crippen LogP contribution in [-0.4, -0.2) is 30.1 Å². The lowest BCUT2D eigenvalue weighted by Crippen LogP contribution is -2.40. The highest BCUT2D eigenvalue weighted by Gasteiger charge is 2.32. The molecule has 3 aromatic carbocycles. The Hall–Kier alpha value is -3.81. The number of benzene rings is 3. The smallest absolute Gasteiger partial charge is 0.416 e. The molecule has 0 heterocycles. The average Bonchev–Trinajstić information content (AvgIpc) is 2.85. The van der Waals surface area contributed by atoms with Crippen LogP contribution in [0.1, 0.15) is 54.7 Å². The second-order valence-electron chi connectivity index (χ2n) is 9.66. The fraction of sp³-hybridized carbons (Fsp3) is 0.333. The SMILES string of the molecule is CCOC(=O)C(C)(C)Oc1ccc(CC(C)NC(=O)c2ccc(-c3ccc(C(F)(F)F)cc3)cc2)cc1C. The third kappa shape index (κ3) is 7.37. The molecule has 0 aliphatic carbocycles. The van der Waals surface area contributed by atoms with Gasteiger partial charge in [-0.05, 0) is 93.6 Å². The van der Waals surface area contributed by atoms with Gasteiger partial charge in [-0.1, -0.05) is 36.4 Å². The van der Waals surface area contributed by atoms with Gasteiger partial charge in [-0.2, -0.15) is 13.2 Å². The van der Waals surface area contributed by atoms with Crippen molar-refractivity contribution in [2.24, 2.45) is 0 Å². The van der Waals surface area contributed by atoms with Gasteiger partial charge in [-0.25, -0.2) is 4.79 Å². The van der Waals surface area contributed by atoms with Gasteiger partial charge in [0.1, 0.15) is 5.75 Å². The van der Waals surface area contributed by atoms with Crippen LogP contribution < -0.4 is 10.1 Å². The van der Waals surface area contributed by atoms with Crippen LogP contribution in [0, 0.1) is 6.92 Å². The van der Waals surface area contributed by atoms with Crippen molar-refractivity contribution < 1.29 is 32.2 Å². The molecule has 0 fully saturated rings. The highest BCUT2D eigenvalue weighted by atomic mass is 19.4. The predicted molar refractivity (Wildman–Crippen MR) is 140 cm³/mol. The topological polar surface area (TPSA) is 64.6 Å². The summed E-state index contributed by atoms with van der Waals surface area (Å²) in [7, 11) is 0. The van der Waals surface area contributed by atoms with Crippen LogP contribution in [0.2, 0.25) is 0 Å². The van der Waals surface area contributed by atoms with Gasteiger partial charge in [0.25, 0.3) is 5.91 Å². The number of halogens is 3. The number of hydrogen-bond donors (Lipinski definition) is 1. The van der Waals surface area contributed by atoms with E-state index in [1.807, 2.05) is 26.0 Å². The highest BCUT2D eigenvalue weighted by molar-refractivity contribution is 5.94. The van der Waals surface area contributed by atoms with E-state index in [9.17, 15) is 22.8 Å². The summed E-state index contributed by atoms with van der Waals surface area (Å²) in [6, 6.07) is 17.1. The zero-order valence-corrected chi connectivity index (χ0v) is 22.1. The second kappa shape index (κ2) is 11.7. The van der Waals surface area contributed by atoms with E-state index in [1.165, 1.54) is 12.1 Å². The highest BCUT2D eigenvalue weighted by Crippen LogP contribution is 2.31. The number of alkyl halides is 3.